The number of rotatable bonds is 4. The van der Waals surface area contributed by atoms with Crippen LogP contribution < -0.4 is 15.5 Å². The number of aryl methyl sites for hydroxylation is 1. The first kappa shape index (κ1) is 23.1. The summed E-state index contributed by atoms with van der Waals surface area (Å²) in [6.45, 7) is 3.82. The van der Waals surface area contributed by atoms with Crippen LogP contribution in [-0.4, -0.2) is 30.9 Å². The zero-order valence-electron chi connectivity index (χ0n) is 17.6. The number of methoxy groups -OCH3 is 1. The number of H-pyrrole nitrogens is 1. The van der Waals surface area contributed by atoms with Crippen LogP contribution in [0.5, 0.6) is 5.75 Å². The fourth-order valence-electron chi connectivity index (χ4n) is 4.26. The number of aromatic nitrogens is 1. The molecular formula is C21H23F5N2O3. The van der Waals surface area contributed by atoms with Crippen LogP contribution in [0.4, 0.5) is 27.6 Å². The van der Waals surface area contributed by atoms with Gasteiger partial charge in [0.15, 0.2) is 17.2 Å². The van der Waals surface area contributed by atoms with Gasteiger partial charge in [0.2, 0.25) is 11.2 Å². The molecule has 0 radical (unpaired) electrons. The highest BCUT2D eigenvalue weighted by atomic mass is 19.4. The number of hydrogen-bond acceptors (Lipinski definition) is 4. The van der Waals surface area contributed by atoms with Gasteiger partial charge in [-0.25, -0.2) is 4.39 Å². The van der Waals surface area contributed by atoms with E-state index in [4.69, 9.17) is 9.47 Å². The Labute approximate surface area is 175 Å². The third-order valence-corrected chi connectivity index (χ3v) is 6.11. The molecule has 1 aliphatic heterocycles. The van der Waals surface area contributed by atoms with Crippen LogP contribution in [0.2, 0.25) is 0 Å². The molecule has 31 heavy (non-hydrogen) atoms. The molecule has 3 rings (SSSR count). The predicted molar refractivity (Wildman–Crippen MR) is 104 cm³/mol. The Balaban J connectivity index is 2.26. The molecular weight excluding hydrogens is 423 g/mol. The number of benzene rings is 1. The van der Waals surface area contributed by atoms with Crippen molar-refractivity contribution < 1.29 is 31.4 Å². The lowest BCUT2D eigenvalue weighted by Crippen LogP contribution is -2.46. The van der Waals surface area contributed by atoms with Crippen LogP contribution in [0, 0.1) is 24.5 Å². The molecule has 1 saturated heterocycles. The number of alkyl halides is 3. The second kappa shape index (κ2) is 7.81. The average Bonchev–Trinajstić information content (AvgIpc) is 2.96. The van der Waals surface area contributed by atoms with Gasteiger partial charge >= 0.3 is 6.18 Å². The maximum absolute atomic E-state index is 14.4. The molecule has 0 bridgehead atoms. The quantitative estimate of drug-likeness (QED) is 0.661. The molecule has 2 N–H and O–H groups in total. The maximum Gasteiger partial charge on any atom is 0.417 e. The van der Waals surface area contributed by atoms with Crippen LogP contribution in [0.25, 0.3) is 0 Å². The Morgan fingerprint density at radius 3 is 2.42 bits per heavy atom. The molecule has 1 aromatic heterocycles. The summed E-state index contributed by atoms with van der Waals surface area (Å²) in [5, 5.41) is 2.73. The van der Waals surface area contributed by atoms with Gasteiger partial charge in [-0.05, 0) is 19.9 Å². The highest BCUT2D eigenvalue weighted by molar-refractivity contribution is 5.48. The predicted octanol–water partition coefficient (Wildman–Crippen LogP) is 4.82. The summed E-state index contributed by atoms with van der Waals surface area (Å²) >= 11 is 0. The van der Waals surface area contributed by atoms with E-state index in [1.807, 2.05) is 0 Å². The maximum atomic E-state index is 14.4. The van der Waals surface area contributed by atoms with Crippen molar-refractivity contribution in [2.45, 2.75) is 44.6 Å². The van der Waals surface area contributed by atoms with Crippen molar-refractivity contribution in [3.05, 3.63) is 57.0 Å². The summed E-state index contributed by atoms with van der Waals surface area (Å²) in [7, 11) is 2.65. The molecule has 0 unspecified atom stereocenters. The van der Waals surface area contributed by atoms with E-state index in [1.54, 1.807) is 14.0 Å². The molecule has 0 saturated carbocycles. The lowest BCUT2D eigenvalue weighted by atomic mass is 9.76. The van der Waals surface area contributed by atoms with E-state index in [0.717, 1.165) is 26.2 Å². The second-order valence-electron chi connectivity index (χ2n) is 7.78. The Kier molecular flexibility index (Phi) is 5.81. The molecule has 2 heterocycles. The number of hydrogen-bond donors (Lipinski definition) is 2. The van der Waals surface area contributed by atoms with Gasteiger partial charge in [-0.2, -0.15) is 17.6 Å². The van der Waals surface area contributed by atoms with E-state index in [9.17, 15) is 26.7 Å². The first-order chi connectivity index (χ1) is 14.4. The molecule has 2 aromatic rings. The Morgan fingerprint density at radius 1 is 1.26 bits per heavy atom. The van der Waals surface area contributed by atoms with Crippen molar-refractivity contribution in [1.29, 1.82) is 0 Å². The summed E-state index contributed by atoms with van der Waals surface area (Å²) < 4.78 is 80.7. The van der Waals surface area contributed by atoms with Gasteiger partial charge in [-0.1, -0.05) is 13.0 Å². The van der Waals surface area contributed by atoms with E-state index >= 15 is 0 Å². The molecule has 4 atom stereocenters. The van der Waals surface area contributed by atoms with E-state index in [0.29, 0.717) is 5.69 Å². The van der Waals surface area contributed by atoms with Crippen LogP contribution in [0.3, 0.4) is 0 Å². The number of anilines is 1. The smallest absolute Gasteiger partial charge is 0.417 e. The highest BCUT2D eigenvalue weighted by Gasteiger charge is 2.65. The van der Waals surface area contributed by atoms with Gasteiger partial charge in [-0.3, -0.25) is 4.79 Å². The lowest BCUT2D eigenvalue weighted by Gasteiger charge is -2.32. The zero-order valence-corrected chi connectivity index (χ0v) is 17.6. The number of ether oxygens (including phenoxy) is 2. The zero-order chi connectivity index (χ0) is 23.3. The Bertz CT molecular complexity index is 1050. The molecule has 1 aromatic carbocycles. The van der Waals surface area contributed by atoms with E-state index in [1.165, 1.54) is 13.0 Å². The van der Waals surface area contributed by atoms with Crippen molar-refractivity contribution >= 4 is 5.69 Å². The number of halogens is 5. The standard InChI is InChI=1S/C21H23F5N2O3/c1-9-15(11-6-7-12(22)16(23)18(11)30-5)19(31-20(9,3)21(24,25)26)13-8-14(29)17(27-4)10(2)28-13/h6-9,15,19,27H,1-5H3,(H,28,29)/t9-,15-,19-,20+/m0/s1. The van der Waals surface area contributed by atoms with Crippen molar-refractivity contribution in [2.75, 3.05) is 19.5 Å². The first-order valence-corrected chi connectivity index (χ1v) is 9.55. The number of aromatic amines is 1. The van der Waals surface area contributed by atoms with Gasteiger partial charge in [-0.15, -0.1) is 0 Å². The minimum absolute atomic E-state index is 0.0167. The highest BCUT2D eigenvalue weighted by Crippen LogP contribution is 2.59. The Morgan fingerprint density at radius 2 is 1.90 bits per heavy atom. The van der Waals surface area contributed by atoms with Crippen molar-refractivity contribution in [1.82, 2.24) is 4.98 Å². The molecule has 0 amide bonds. The molecule has 10 heteroatoms. The van der Waals surface area contributed by atoms with Crippen LogP contribution in [0.1, 0.15) is 42.8 Å². The largest absolute Gasteiger partial charge is 0.493 e. The fraction of sp³-hybridized carbons (Fsp3) is 0.476. The van der Waals surface area contributed by atoms with Crippen LogP contribution in [-0.2, 0) is 4.74 Å². The third-order valence-electron chi connectivity index (χ3n) is 6.11. The minimum Gasteiger partial charge on any atom is -0.493 e. The fourth-order valence-corrected chi connectivity index (χ4v) is 4.26. The van der Waals surface area contributed by atoms with Gasteiger partial charge in [0, 0.05) is 41.9 Å². The van der Waals surface area contributed by atoms with Crippen molar-refractivity contribution in [3.63, 3.8) is 0 Å². The summed E-state index contributed by atoms with van der Waals surface area (Å²) in [5.41, 5.74) is -2.28. The minimum atomic E-state index is -4.76. The summed E-state index contributed by atoms with van der Waals surface area (Å²) in [6, 6.07) is 3.17. The Hall–Kier alpha value is -2.62. The topological polar surface area (TPSA) is 63.4 Å². The number of pyridine rings is 1. The summed E-state index contributed by atoms with van der Waals surface area (Å²) in [4.78, 5) is 15.4. The second-order valence-corrected chi connectivity index (χ2v) is 7.78. The van der Waals surface area contributed by atoms with Crippen molar-refractivity contribution in [2.24, 2.45) is 5.92 Å². The molecule has 5 nitrogen and oxygen atoms in total. The first-order valence-electron chi connectivity index (χ1n) is 9.55. The normalized spacial score (nSPS) is 26.2. The van der Waals surface area contributed by atoms with E-state index in [-0.39, 0.29) is 16.9 Å². The van der Waals surface area contributed by atoms with Crippen LogP contribution in [0.15, 0.2) is 23.0 Å². The summed E-state index contributed by atoms with van der Waals surface area (Å²) in [5.74, 6) is -5.30. The van der Waals surface area contributed by atoms with Gasteiger partial charge in [0.25, 0.3) is 0 Å². The van der Waals surface area contributed by atoms with Crippen LogP contribution >= 0.6 is 0 Å². The van der Waals surface area contributed by atoms with Gasteiger partial charge < -0.3 is 19.8 Å². The third kappa shape index (κ3) is 3.56. The van der Waals surface area contributed by atoms with E-state index in [2.05, 4.69) is 10.3 Å². The van der Waals surface area contributed by atoms with Gasteiger partial charge in [0.05, 0.1) is 7.11 Å². The number of nitrogens with one attached hydrogen (secondary N) is 2. The van der Waals surface area contributed by atoms with Gasteiger partial charge in [0.1, 0.15) is 11.8 Å². The SMILES string of the molecule is CNc1c(C)[nH]c([C@@H]2O[C@@](C)(C(F)(F)F)[C@@H](C)[C@H]2c2ccc(F)c(F)c2OC)cc1=O. The molecule has 1 fully saturated rings. The summed E-state index contributed by atoms with van der Waals surface area (Å²) in [6.07, 6.45) is -6.05. The van der Waals surface area contributed by atoms with Crippen molar-refractivity contribution in [3.8, 4) is 5.75 Å². The molecule has 0 aliphatic carbocycles. The lowest BCUT2D eigenvalue weighted by molar-refractivity contribution is -0.275. The van der Waals surface area contributed by atoms with E-state index < -0.39 is 52.5 Å². The molecule has 1 aliphatic rings. The monoisotopic (exact) mass is 446 g/mol. The average molecular weight is 446 g/mol. The molecule has 0 spiro atoms. The molecule has 170 valence electrons.